The molecule has 0 atom stereocenters. The Morgan fingerprint density at radius 2 is 1.90 bits per heavy atom. The van der Waals surface area contributed by atoms with Crippen LogP contribution in [0.1, 0.15) is 12.5 Å². The topological polar surface area (TPSA) is 46.4 Å². The quantitative estimate of drug-likeness (QED) is 0.610. The van der Waals surface area contributed by atoms with Gasteiger partial charge in [0.25, 0.3) is 5.69 Å². The summed E-state index contributed by atoms with van der Waals surface area (Å²) in [5.74, 6) is 0. The fourth-order valence-electron chi connectivity index (χ4n) is 2.03. The number of non-ortho nitro benzene ring substituents is 1. The smallest absolute Gasteiger partial charge is 0.269 e. The fraction of sp³-hybridized carbons (Fsp3) is 0.200. The lowest BCUT2D eigenvalue weighted by Gasteiger charge is -2.23. The summed E-state index contributed by atoms with van der Waals surface area (Å²) in [6, 6.07) is 14.4. The number of rotatable bonds is 5. The maximum absolute atomic E-state index is 10.8. The van der Waals surface area contributed by atoms with E-state index in [0.717, 1.165) is 17.8 Å². The molecule has 0 aromatic heterocycles. The molecule has 0 heterocycles. The third-order valence-corrected chi connectivity index (χ3v) is 3.47. The number of anilines is 1. The largest absolute Gasteiger partial charge is 0.367 e. The molecule has 4 nitrogen and oxygen atoms in total. The van der Waals surface area contributed by atoms with E-state index in [2.05, 4.69) is 4.90 Å². The molecule has 104 valence electrons. The van der Waals surface area contributed by atoms with Crippen molar-refractivity contribution in [1.29, 1.82) is 0 Å². The van der Waals surface area contributed by atoms with Gasteiger partial charge in [-0.25, -0.2) is 0 Å². The van der Waals surface area contributed by atoms with Crippen LogP contribution in [0.5, 0.6) is 0 Å². The van der Waals surface area contributed by atoms with Crippen molar-refractivity contribution in [3.8, 4) is 0 Å². The lowest BCUT2D eigenvalue weighted by atomic mass is 10.1. The summed E-state index contributed by atoms with van der Waals surface area (Å²) in [5, 5.41) is 11.4. The van der Waals surface area contributed by atoms with Gasteiger partial charge in [-0.1, -0.05) is 29.8 Å². The number of para-hydroxylation sites is 1. The average Bonchev–Trinajstić information content (AvgIpc) is 2.47. The summed E-state index contributed by atoms with van der Waals surface area (Å²) < 4.78 is 0. The summed E-state index contributed by atoms with van der Waals surface area (Å²) in [5.41, 5.74) is 1.89. The Bertz CT molecular complexity index is 602. The van der Waals surface area contributed by atoms with E-state index in [1.165, 1.54) is 12.1 Å². The minimum Gasteiger partial charge on any atom is -0.367 e. The lowest BCUT2D eigenvalue weighted by Crippen LogP contribution is -2.22. The van der Waals surface area contributed by atoms with Gasteiger partial charge in [-0.15, -0.1) is 0 Å². The van der Waals surface area contributed by atoms with Gasteiger partial charge in [-0.2, -0.15) is 0 Å². The van der Waals surface area contributed by atoms with Gasteiger partial charge in [-0.3, -0.25) is 10.1 Å². The molecule has 0 aliphatic carbocycles. The molecule has 5 heteroatoms. The molecule has 0 N–H and O–H groups in total. The van der Waals surface area contributed by atoms with Crippen LogP contribution < -0.4 is 4.90 Å². The third kappa shape index (κ3) is 3.27. The van der Waals surface area contributed by atoms with E-state index in [-0.39, 0.29) is 5.69 Å². The van der Waals surface area contributed by atoms with E-state index >= 15 is 0 Å². The Balaban J connectivity index is 2.28. The van der Waals surface area contributed by atoms with Crippen LogP contribution in [0.25, 0.3) is 0 Å². The van der Waals surface area contributed by atoms with Crippen LogP contribution in [0.4, 0.5) is 11.4 Å². The molecule has 2 rings (SSSR count). The van der Waals surface area contributed by atoms with Crippen molar-refractivity contribution in [2.24, 2.45) is 0 Å². The second kappa shape index (κ2) is 6.39. The van der Waals surface area contributed by atoms with Gasteiger partial charge in [0.05, 0.1) is 4.92 Å². The molecule has 0 amide bonds. The number of hydrogen-bond acceptors (Lipinski definition) is 3. The third-order valence-electron chi connectivity index (χ3n) is 3.10. The normalized spacial score (nSPS) is 10.3. The highest BCUT2D eigenvalue weighted by atomic mass is 35.5. The lowest BCUT2D eigenvalue weighted by molar-refractivity contribution is -0.384. The monoisotopic (exact) mass is 290 g/mol. The fourth-order valence-corrected chi connectivity index (χ4v) is 2.20. The Morgan fingerprint density at radius 3 is 2.50 bits per heavy atom. The highest BCUT2D eigenvalue weighted by molar-refractivity contribution is 6.31. The van der Waals surface area contributed by atoms with Crippen molar-refractivity contribution >= 4 is 23.0 Å². The molecule has 0 saturated heterocycles. The number of benzene rings is 2. The molecule has 0 spiro atoms. The van der Waals surface area contributed by atoms with Gasteiger partial charge in [0.1, 0.15) is 0 Å². The zero-order valence-corrected chi connectivity index (χ0v) is 11.9. The van der Waals surface area contributed by atoms with Crippen LogP contribution in [0.3, 0.4) is 0 Å². The van der Waals surface area contributed by atoms with Crippen LogP contribution in [0.2, 0.25) is 5.02 Å². The molecule has 0 radical (unpaired) electrons. The number of halogens is 1. The van der Waals surface area contributed by atoms with E-state index in [4.69, 9.17) is 11.6 Å². The van der Waals surface area contributed by atoms with Gasteiger partial charge in [0.2, 0.25) is 0 Å². The van der Waals surface area contributed by atoms with Crippen LogP contribution in [-0.4, -0.2) is 11.5 Å². The second-order valence-electron chi connectivity index (χ2n) is 4.38. The molecule has 0 unspecified atom stereocenters. The van der Waals surface area contributed by atoms with Gasteiger partial charge >= 0.3 is 0 Å². The van der Waals surface area contributed by atoms with E-state index < -0.39 is 4.92 Å². The second-order valence-corrected chi connectivity index (χ2v) is 4.79. The number of nitrogens with zero attached hydrogens (tertiary/aromatic N) is 2. The molecule has 20 heavy (non-hydrogen) atoms. The van der Waals surface area contributed by atoms with E-state index in [9.17, 15) is 10.1 Å². The van der Waals surface area contributed by atoms with Gasteiger partial charge in [0, 0.05) is 35.9 Å². The zero-order valence-electron chi connectivity index (χ0n) is 11.1. The Kier molecular flexibility index (Phi) is 4.58. The summed E-state index contributed by atoms with van der Waals surface area (Å²) >= 11 is 6.14. The van der Waals surface area contributed by atoms with Crippen molar-refractivity contribution in [3.63, 3.8) is 0 Å². The zero-order chi connectivity index (χ0) is 14.5. The summed E-state index contributed by atoms with van der Waals surface area (Å²) in [4.78, 5) is 12.6. The van der Waals surface area contributed by atoms with Crippen molar-refractivity contribution in [3.05, 3.63) is 69.2 Å². The number of nitro groups is 1. The first-order valence-electron chi connectivity index (χ1n) is 6.34. The van der Waals surface area contributed by atoms with Crippen molar-refractivity contribution < 1.29 is 4.92 Å². The standard InChI is InChI=1S/C15H15ClN2O2/c1-2-17(13-6-4-3-5-7-13)11-12-10-14(18(19)20)8-9-15(12)16/h3-10H,2,11H2,1H3. The summed E-state index contributed by atoms with van der Waals surface area (Å²) in [6.45, 7) is 3.38. The Labute approximate surface area is 122 Å². The van der Waals surface area contributed by atoms with E-state index in [1.54, 1.807) is 6.07 Å². The van der Waals surface area contributed by atoms with Gasteiger partial charge in [0.15, 0.2) is 0 Å². The summed E-state index contributed by atoms with van der Waals surface area (Å²) in [7, 11) is 0. The van der Waals surface area contributed by atoms with Crippen molar-refractivity contribution in [2.45, 2.75) is 13.5 Å². The van der Waals surface area contributed by atoms with Crippen LogP contribution >= 0.6 is 11.6 Å². The van der Waals surface area contributed by atoms with Crippen LogP contribution in [-0.2, 0) is 6.54 Å². The predicted octanol–water partition coefficient (Wildman–Crippen LogP) is 4.27. The molecular formula is C15H15ClN2O2. The Morgan fingerprint density at radius 1 is 1.20 bits per heavy atom. The van der Waals surface area contributed by atoms with Crippen molar-refractivity contribution in [2.75, 3.05) is 11.4 Å². The van der Waals surface area contributed by atoms with Crippen molar-refractivity contribution in [1.82, 2.24) is 0 Å². The molecule has 2 aromatic carbocycles. The molecule has 0 aliphatic heterocycles. The highest BCUT2D eigenvalue weighted by Gasteiger charge is 2.12. The molecule has 0 aliphatic rings. The van der Waals surface area contributed by atoms with Gasteiger partial charge in [-0.05, 0) is 30.7 Å². The molecule has 0 bridgehead atoms. The number of hydrogen-bond donors (Lipinski definition) is 0. The highest BCUT2D eigenvalue weighted by Crippen LogP contribution is 2.25. The minimum absolute atomic E-state index is 0.0634. The maximum Gasteiger partial charge on any atom is 0.269 e. The molecule has 0 fully saturated rings. The van der Waals surface area contributed by atoms with Gasteiger partial charge < -0.3 is 4.90 Å². The predicted molar refractivity (Wildman–Crippen MR) is 81.3 cm³/mol. The Hall–Kier alpha value is -2.07. The first kappa shape index (κ1) is 14.3. The van der Waals surface area contributed by atoms with Crippen LogP contribution in [0, 0.1) is 10.1 Å². The van der Waals surface area contributed by atoms with E-state index in [0.29, 0.717) is 11.6 Å². The minimum atomic E-state index is -0.404. The average molecular weight is 291 g/mol. The molecule has 0 saturated carbocycles. The first-order chi connectivity index (χ1) is 9.61. The molecule has 2 aromatic rings. The molecular weight excluding hydrogens is 276 g/mol. The maximum atomic E-state index is 10.8. The summed E-state index contributed by atoms with van der Waals surface area (Å²) in [6.07, 6.45) is 0. The van der Waals surface area contributed by atoms with Crippen LogP contribution in [0.15, 0.2) is 48.5 Å². The SMILES string of the molecule is CCN(Cc1cc([N+](=O)[O-])ccc1Cl)c1ccccc1. The first-order valence-corrected chi connectivity index (χ1v) is 6.72. The number of nitro benzene ring substituents is 1. The van der Waals surface area contributed by atoms with E-state index in [1.807, 2.05) is 37.3 Å².